The van der Waals surface area contributed by atoms with Crippen molar-refractivity contribution in [1.29, 1.82) is 5.26 Å². The van der Waals surface area contributed by atoms with Crippen molar-refractivity contribution in [3.8, 4) is 11.1 Å². The number of ether oxygens (including phenoxy) is 1. The minimum Gasteiger partial charge on any atom is -0.399 e. The van der Waals surface area contributed by atoms with Gasteiger partial charge in [-0.25, -0.2) is 4.79 Å². The Bertz CT molecular complexity index is 407. The van der Waals surface area contributed by atoms with Gasteiger partial charge in [0.2, 0.25) is 0 Å². The van der Waals surface area contributed by atoms with Gasteiger partial charge in [-0.2, -0.15) is 5.26 Å². The summed E-state index contributed by atoms with van der Waals surface area (Å²) in [5.74, 6) is 0. The van der Waals surface area contributed by atoms with E-state index in [1.165, 1.54) is 16.2 Å². The number of thiophene rings is 1. The van der Waals surface area contributed by atoms with E-state index in [0.29, 0.717) is 11.6 Å². The monoisotopic (exact) mass is 208 g/mol. The normalized spacial score (nSPS) is 18.9. The highest BCUT2D eigenvalue weighted by Crippen LogP contribution is 2.25. The van der Waals surface area contributed by atoms with Gasteiger partial charge in [0.25, 0.3) is 0 Å². The van der Waals surface area contributed by atoms with E-state index in [1.807, 2.05) is 18.4 Å². The Morgan fingerprint density at radius 2 is 2.64 bits per heavy atom. The summed E-state index contributed by atoms with van der Waals surface area (Å²) in [5, 5.41) is 11.0. The maximum Gasteiger partial charge on any atom is 0.417 e. The molecule has 1 unspecified atom stereocenters. The molecule has 1 aliphatic heterocycles. The lowest BCUT2D eigenvalue weighted by molar-refractivity contribution is 0.186. The molecule has 5 heteroatoms. The number of hydrogen-bond donors (Lipinski definition) is 0. The zero-order valence-electron chi connectivity index (χ0n) is 7.56. The van der Waals surface area contributed by atoms with Crippen LogP contribution in [0.3, 0.4) is 0 Å². The maximum atomic E-state index is 11.3. The molecule has 0 radical (unpaired) electrons. The molecule has 1 aliphatic rings. The number of nitriles is 1. The molecule has 72 valence electrons. The van der Waals surface area contributed by atoms with Crippen molar-refractivity contribution in [2.24, 2.45) is 0 Å². The van der Waals surface area contributed by atoms with E-state index in [2.05, 4.69) is 0 Å². The van der Waals surface area contributed by atoms with Gasteiger partial charge in [0.15, 0.2) is 5.06 Å². The lowest BCUT2D eigenvalue weighted by Crippen LogP contribution is -2.17. The van der Waals surface area contributed by atoms with Crippen LogP contribution in [0.15, 0.2) is 11.4 Å². The predicted molar refractivity (Wildman–Crippen MR) is 51.2 cm³/mol. The molecule has 0 bridgehead atoms. The highest BCUT2D eigenvalue weighted by atomic mass is 32.1. The Morgan fingerprint density at radius 1 is 1.86 bits per heavy atom. The van der Waals surface area contributed by atoms with Crippen molar-refractivity contribution in [1.82, 2.24) is 4.90 Å². The molecule has 0 saturated carbocycles. The van der Waals surface area contributed by atoms with Crippen LogP contribution in [-0.2, 0) is 0 Å². The van der Waals surface area contributed by atoms with Gasteiger partial charge >= 0.3 is 6.09 Å². The first-order valence-corrected chi connectivity index (χ1v) is 5.02. The summed E-state index contributed by atoms with van der Waals surface area (Å²) in [6, 6.07) is 3.50. The SMILES string of the molecule is Cc1csc(OC(=O)N2CC2C#N)c1. The third-order valence-corrected chi connectivity index (χ3v) is 2.81. The number of nitrogens with zero attached hydrogens (tertiary/aromatic N) is 2. The molecular weight excluding hydrogens is 200 g/mol. The van der Waals surface area contributed by atoms with E-state index in [9.17, 15) is 4.79 Å². The summed E-state index contributed by atoms with van der Waals surface area (Å²) in [7, 11) is 0. The summed E-state index contributed by atoms with van der Waals surface area (Å²) >= 11 is 1.38. The lowest BCUT2D eigenvalue weighted by Gasteiger charge is -2.00. The fourth-order valence-corrected chi connectivity index (χ4v) is 1.80. The maximum absolute atomic E-state index is 11.3. The van der Waals surface area contributed by atoms with Crippen LogP contribution in [0.4, 0.5) is 4.79 Å². The molecule has 0 aliphatic carbocycles. The Morgan fingerprint density at radius 3 is 3.14 bits per heavy atom. The van der Waals surface area contributed by atoms with Gasteiger partial charge in [-0.3, -0.25) is 4.90 Å². The van der Waals surface area contributed by atoms with Crippen LogP contribution in [0.5, 0.6) is 5.06 Å². The van der Waals surface area contributed by atoms with Gasteiger partial charge in [0.1, 0.15) is 6.04 Å². The molecule has 4 nitrogen and oxygen atoms in total. The van der Waals surface area contributed by atoms with E-state index in [-0.39, 0.29) is 6.04 Å². The minimum atomic E-state index is -0.432. The minimum absolute atomic E-state index is 0.288. The molecule has 0 aromatic carbocycles. The van der Waals surface area contributed by atoms with Gasteiger partial charge in [-0.1, -0.05) is 0 Å². The molecule has 1 saturated heterocycles. The Labute approximate surface area is 85.3 Å². The third-order valence-electron chi connectivity index (χ3n) is 1.89. The second-order valence-corrected chi connectivity index (χ2v) is 3.98. The van der Waals surface area contributed by atoms with Crippen LogP contribution in [-0.4, -0.2) is 23.6 Å². The van der Waals surface area contributed by atoms with Gasteiger partial charge in [-0.15, -0.1) is 11.3 Å². The number of carbonyl (C=O) groups is 1. The first kappa shape index (κ1) is 9.03. The zero-order valence-corrected chi connectivity index (χ0v) is 8.37. The van der Waals surface area contributed by atoms with E-state index >= 15 is 0 Å². The van der Waals surface area contributed by atoms with Crippen LogP contribution in [0.25, 0.3) is 0 Å². The van der Waals surface area contributed by atoms with Gasteiger partial charge in [0.05, 0.1) is 12.6 Å². The molecule has 14 heavy (non-hydrogen) atoms. The molecule has 2 heterocycles. The average molecular weight is 208 g/mol. The second-order valence-electron chi connectivity index (χ2n) is 3.11. The van der Waals surface area contributed by atoms with Crippen LogP contribution >= 0.6 is 11.3 Å². The van der Waals surface area contributed by atoms with Crippen molar-refractivity contribution in [3.05, 3.63) is 17.0 Å². The summed E-state index contributed by atoms with van der Waals surface area (Å²) in [5.41, 5.74) is 1.07. The van der Waals surface area contributed by atoms with Gasteiger partial charge in [-0.05, 0) is 23.9 Å². The molecule has 1 amide bonds. The van der Waals surface area contributed by atoms with Crippen LogP contribution in [0.2, 0.25) is 0 Å². The number of aryl methyl sites for hydroxylation is 1. The molecule has 0 N–H and O–H groups in total. The number of carbonyl (C=O) groups excluding carboxylic acids is 1. The molecule has 0 spiro atoms. The number of amides is 1. The van der Waals surface area contributed by atoms with E-state index in [0.717, 1.165) is 5.56 Å². The fourth-order valence-electron chi connectivity index (χ4n) is 1.05. The molecule has 1 atom stereocenters. The second kappa shape index (κ2) is 3.31. The van der Waals surface area contributed by atoms with Gasteiger partial charge in [0, 0.05) is 0 Å². The molecule has 1 fully saturated rings. The van der Waals surface area contributed by atoms with Gasteiger partial charge < -0.3 is 4.74 Å². The Hall–Kier alpha value is -1.54. The summed E-state index contributed by atoms with van der Waals surface area (Å²) < 4.78 is 5.05. The van der Waals surface area contributed by atoms with Crippen molar-refractivity contribution in [2.75, 3.05) is 6.54 Å². The van der Waals surface area contributed by atoms with E-state index in [1.54, 1.807) is 6.07 Å². The molecule has 1 aromatic rings. The van der Waals surface area contributed by atoms with Crippen molar-refractivity contribution in [2.45, 2.75) is 13.0 Å². The largest absolute Gasteiger partial charge is 0.417 e. The van der Waals surface area contributed by atoms with Crippen LogP contribution in [0, 0.1) is 18.3 Å². The lowest BCUT2D eigenvalue weighted by atomic mass is 10.4. The molecule has 2 rings (SSSR count). The first-order chi connectivity index (χ1) is 6.70. The predicted octanol–water partition coefficient (Wildman–Crippen LogP) is 1.76. The third kappa shape index (κ3) is 1.70. The van der Waals surface area contributed by atoms with E-state index in [4.69, 9.17) is 10.00 Å². The standard InChI is InChI=1S/C9H8N2O2S/c1-6-2-8(14-5-6)13-9(12)11-4-7(11)3-10/h2,5,7H,4H2,1H3. The summed E-state index contributed by atoms with van der Waals surface area (Å²) in [4.78, 5) is 12.7. The quantitative estimate of drug-likeness (QED) is 0.661. The van der Waals surface area contributed by atoms with Crippen molar-refractivity contribution >= 4 is 17.4 Å². The topological polar surface area (TPSA) is 53.1 Å². The van der Waals surface area contributed by atoms with E-state index < -0.39 is 6.09 Å². The van der Waals surface area contributed by atoms with Crippen molar-refractivity contribution < 1.29 is 9.53 Å². The highest BCUT2D eigenvalue weighted by Gasteiger charge is 2.40. The summed E-state index contributed by atoms with van der Waals surface area (Å²) in [6.07, 6.45) is -0.432. The fraction of sp³-hybridized carbons (Fsp3) is 0.333. The zero-order chi connectivity index (χ0) is 10.1. The highest BCUT2D eigenvalue weighted by molar-refractivity contribution is 7.12. The first-order valence-electron chi connectivity index (χ1n) is 4.14. The number of hydrogen-bond acceptors (Lipinski definition) is 4. The summed E-state index contributed by atoms with van der Waals surface area (Å²) in [6.45, 7) is 2.42. The Balaban J connectivity index is 1.93. The van der Waals surface area contributed by atoms with Crippen LogP contribution < -0.4 is 4.74 Å². The molecular formula is C9H8N2O2S. The van der Waals surface area contributed by atoms with Crippen molar-refractivity contribution in [3.63, 3.8) is 0 Å². The Kier molecular flexibility index (Phi) is 2.14. The molecule has 1 aromatic heterocycles. The number of rotatable bonds is 1. The van der Waals surface area contributed by atoms with Crippen LogP contribution in [0.1, 0.15) is 5.56 Å². The average Bonchev–Trinajstić information content (AvgIpc) is 2.85. The smallest absolute Gasteiger partial charge is 0.399 e.